The SMILES string of the molecule is Nc1ccc(OCCc2ccncc2)c2ccccc12. The lowest BCUT2D eigenvalue weighted by Gasteiger charge is -2.10. The highest BCUT2D eigenvalue weighted by Gasteiger charge is 2.04. The summed E-state index contributed by atoms with van der Waals surface area (Å²) in [6, 6.07) is 15.9. The van der Waals surface area contributed by atoms with Crippen LogP contribution in [0.3, 0.4) is 0 Å². The van der Waals surface area contributed by atoms with Crippen LogP contribution in [-0.2, 0) is 6.42 Å². The number of fused-ring (bicyclic) bond motifs is 1. The van der Waals surface area contributed by atoms with Crippen LogP contribution in [-0.4, -0.2) is 11.6 Å². The molecule has 0 saturated carbocycles. The number of nitrogens with two attached hydrogens (primary N) is 1. The maximum atomic E-state index is 5.98. The van der Waals surface area contributed by atoms with E-state index in [4.69, 9.17) is 10.5 Å². The van der Waals surface area contributed by atoms with Gasteiger partial charge < -0.3 is 10.5 Å². The summed E-state index contributed by atoms with van der Waals surface area (Å²) >= 11 is 0. The average Bonchev–Trinajstić information content (AvgIpc) is 2.51. The van der Waals surface area contributed by atoms with E-state index in [9.17, 15) is 0 Å². The third-order valence-electron chi connectivity index (χ3n) is 3.32. The highest BCUT2D eigenvalue weighted by Crippen LogP contribution is 2.29. The Kier molecular flexibility index (Phi) is 3.50. The van der Waals surface area contributed by atoms with Crippen LogP contribution in [0.4, 0.5) is 5.69 Å². The summed E-state index contributed by atoms with van der Waals surface area (Å²) in [7, 11) is 0. The van der Waals surface area contributed by atoms with E-state index in [1.807, 2.05) is 48.5 Å². The van der Waals surface area contributed by atoms with E-state index in [-0.39, 0.29) is 0 Å². The number of hydrogen-bond donors (Lipinski definition) is 1. The minimum absolute atomic E-state index is 0.637. The van der Waals surface area contributed by atoms with Gasteiger partial charge in [-0.1, -0.05) is 24.3 Å². The quantitative estimate of drug-likeness (QED) is 0.734. The Morgan fingerprint density at radius 3 is 2.45 bits per heavy atom. The normalized spacial score (nSPS) is 10.6. The van der Waals surface area contributed by atoms with Crippen molar-refractivity contribution in [3.63, 3.8) is 0 Å². The van der Waals surface area contributed by atoms with Gasteiger partial charge in [0.25, 0.3) is 0 Å². The molecule has 0 amide bonds. The fourth-order valence-electron chi connectivity index (χ4n) is 2.25. The fourth-order valence-corrected chi connectivity index (χ4v) is 2.25. The molecule has 1 heterocycles. The molecule has 0 unspecified atom stereocenters. The van der Waals surface area contributed by atoms with Gasteiger partial charge in [0.1, 0.15) is 5.75 Å². The fraction of sp³-hybridized carbons (Fsp3) is 0.118. The lowest BCUT2D eigenvalue weighted by Crippen LogP contribution is -2.02. The first-order valence-corrected chi connectivity index (χ1v) is 6.63. The molecular formula is C17H16N2O. The highest BCUT2D eigenvalue weighted by molar-refractivity contribution is 5.96. The van der Waals surface area contributed by atoms with Gasteiger partial charge in [-0.05, 0) is 29.8 Å². The molecule has 0 atom stereocenters. The number of rotatable bonds is 4. The number of nitrogen functional groups attached to an aromatic ring is 1. The van der Waals surface area contributed by atoms with Crippen molar-refractivity contribution in [1.82, 2.24) is 4.98 Å². The van der Waals surface area contributed by atoms with Crippen molar-refractivity contribution in [2.24, 2.45) is 0 Å². The topological polar surface area (TPSA) is 48.1 Å². The minimum atomic E-state index is 0.637. The van der Waals surface area contributed by atoms with E-state index < -0.39 is 0 Å². The van der Waals surface area contributed by atoms with E-state index in [0.29, 0.717) is 6.61 Å². The van der Waals surface area contributed by atoms with Crippen molar-refractivity contribution in [3.8, 4) is 5.75 Å². The number of aromatic nitrogens is 1. The molecule has 0 spiro atoms. The Morgan fingerprint density at radius 2 is 1.65 bits per heavy atom. The molecular weight excluding hydrogens is 248 g/mol. The molecule has 1 aromatic heterocycles. The molecule has 100 valence electrons. The van der Waals surface area contributed by atoms with Crippen molar-refractivity contribution < 1.29 is 4.74 Å². The molecule has 0 radical (unpaired) electrons. The third-order valence-corrected chi connectivity index (χ3v) is 3.32. The van der Waals surface area contributed by atoms with Crippen LogP contribution in [0.5, 0.6) is 5.75 Å². The minimum Gasteiger partial charge on any atom is -0.493 e. The second-order valence-corrected chi connectivity index (χ2v) is 4.65. The lowest BCUT2D eigenvalue weighted by atomic mass is 10.1. The molecule has 0 aliphatic carbocycles. The number of pyridine rings is 1. The molecule has 20 heavy (non-hydrogen) atoms. The second kappa shape index (κ2) is 5.61. The molecule has 0 aliphatic rings. The molecule has 2 N–H and O–H groups in total. The monoisotopic (exact) mass is 264 g/mol. The van der Waals surface area contributed by atoms with E-state index in [1.54, 1.807) is 12.4 Å². The average molecular weight is 264 g/mol. The zero-order valence-corrected chi connectivity index (χ0v) is 11.1. The van der Waals surface area contributed by atoms with Gasteiger partial charge in [0.05, 0.1) is 6.61 Å². The number of benzene rings is 2. The molecule has 3 aromatic rings. The Labute approximate surface area is 118 Å². The number of ether oxygens (including phenoxy) is 1. The van der Waals surface area contributed by atoms with Crippen molar-refractivity contribution in [2.45, 2.75) is 6.42 Å². The summed E-state index contributed by atoms with van der Waals surface area (Å²) in [5.41, 5.74) is 7.98. The maximum Gasteiger partial charge on any atom is 0.127 e. The number of nitrogens with zero attached hydrogens (tertiary/aromatic N) is 1. The molecule has 0 aliphatic heterocycles. The zero-order valence-electron chi connectivity index (χ0n) is 11.1. The Bertz CT molecular complexity index is 711. The van der Waals surface area contributed by atoms with E-state index in [1.165, 1.54) is 5.56 Å². The van der Waals surface area contributed by atoms with Crippen LogP contribution in [0.2, 0.25) is 0 Å². The van der Waals surface area contributed by atoms with Gasteiger partial charge in [-0.25, -0.2) is 0 Å². The standard InChI is InChI=1S/C17H16N2O/c18-16-5-6-17(15-4-2-1-3-14(15)16)20-12-9-13-7-10-19-11-8-13/h1-8,10-11H,9,12,18H2. The summed E-state index contributed by atoms with van der Waals surface area (Å²) in [6.45, 7) is 0.637. The van der Waals surface area contributed by atoms with Gasteiger partial charge in [-0.15, -0.1) is 0 Å². The summed E-state index contributed by atoms with van der Waals surface area (Å²) in [6.07, 6.45) is 4.46. The zero-order chi connectivity index (χ0) is 13.8. The molecule has 0 saturated heterocycles. The third kappa shape index (κ3) is 2.57. The van der Waals surface area contributed by atoms with Crippen LogP contribution in [0, 0.1) is 0 Å². The smallest absolute Gasteiger partial charge is 0.127 e. The molecule has 0 fully saturated rings. The van der Waals surface area contributed by atoms with Gasteiger partial charge in [-0.2, -0.15) is 0 Å². The maximum absolute atomic E-state index is 5.98. The predicted octanol–water partition coefficient (Wildman–Crippen LogP) is 3.44. The summed E-state index contributed by atoms with van der Waals surface area (Å²) < 4.78 is 5.90. The van der Waals surface area contributed by atoms with Crippen LogP contribution in [0.25, 0.3) is 10.8 Å². The van der Waals surface area contributed by atoms with Crippen LogP contribution in [0.1, 0.15) is 5.56 Å². The Morgan fingerprint density at radius 1 is 0.900 bits per heavy atom. The predicted molar refractivity (Wildman–Crippen MR) is 81.8 cm³/mol. The second-order valence-electron chi connectivity index (χ2n) is 4.65. The van der Waals surface area contributed by atoms with Crippen LogP contribution < -0.4 is 10.5 Å². The van der Waals surface area contributed by atoms with E-state index in [2.05, 4.69) is 4.98 Å². The van der Waals surface area contributed by atoms with Gasteiger partial charge in [0, 0.05) is 35.3 Å². The van der Waals surface area contributed by atoms with E-state index >= 15 is 0 Å². The lowest BCUT2D eigenvalue weighted by molar-refractivity contribution is 0.326. The molecule has 3 nitrogen and oxygen atoms in total. The van der Waals surface area contributed by atoms with Crippen molar-refractivity contribution >= 4 is 16.5 Å². The van der Waals surface area contributed by atoms with Crippen LogP contribution >= 0.6 is 0 Å². The highest BCUT2D eigenvalue weighted by atomic mass is 16.5. The largest absolute Gasteiger partial charge is 0.493 e. The van der Waals surface area contributed by atoms with E-state index in [0.717, 1.165) is 28.6 Å². The first kappa shape index (κ1) is 12.5. The Hall–Kier alpha value is -2.55. The van der Waals surface area contributed by atoms with Crippen molar-refractivity contribution in [1.29, 1.82) is 0 Å². The van der Waals surface area contributed by atoms with Gasteiger partial charge >= 0.3 is 0 Å². The first-order chi connectivity index (χ1) is 9.84. The Balaban J connectivity index is 1.77. The van der Waals surface area contributed by atoms with Gasteiger partial charge in [0.15, 0.2) is 0 Å². The van der Waals surface area contributed by atoms with Crippen molar-refractivity contribution in [2.75, 3.05) is 12.3 Å². The van der Waals surface area contributed by atoms with Gasteiger partial charge in [-0.3, -0.25) is 4.98 Å². The molecule has 3 heteroatoms. The van der Waals surface area contributed by atoms with Crippen molar-refractivity contribution in [3.05, 3.63) is 66.5 Å². The summed E-state index contributed by atoms with van der Waals surface area (Å²) in [4.78, 5) is 4.01. The molecule has 0 bridgehead atoms. The van der Waals surface area contributed by atoms with Gasteiger partial charge in [0.2, 0.25) is 0 Å². The summed E-state index contributed by atoms with van der Waals surface area (Å²) in [5, 5.41) is 2.09. The number of anilines is 1. The molecule has 2 aromatic carbocycles. The summed E-state index contributed by atoms with van der Waals surface area (Å²) in [5.74, 6) is 0.879. The first-order valence-electron chi connectivity index (χ1n) is 6.63. The molecule has 3 rings (SSSR count). The number of hydrogen-bond acceptors (Lipinski definition) is 3. The van der Waals surface area contributed by atoms with Crippen LogP contribution in [0.15, 0.2) is 60.9 Å².